The van der Waals surface area contributed by atoms with Crippen molar-refractivity contribution in [3.05, 3.63) is 48.0 Å². The maximum Gasteiger partial charge on any atom is 0.323 e. The number of piperidine rings is 1. The van der Waals surface area contributed by atoms with Crippen LogP contribution in [-0.2, 0) is 4.79 Å². The Hall–Kier alpha value is -3.02. The highest BCUT2D eigenvalue weighted by Crippen LogP contribution is 2.28. The smallest absolute Gasteiger partial charge is 0.323 e. The first kappa shape index (κ1) is 18.8. The molecule has 3 amide bonds. The molecular weight excluding hydrogens is 342 g/mol. The molecule has 0 aliphatic carbocycles. The number of para-hydroxylation sites is 2. The van der Waals surface area contributed by atoms with Gasteiger partial charge in [0.25, 0.3) is 0 Å². The number of amides is 3. The molecule has 0 atom stereocenters. The predicted molar refractivity (Wildman–Crippen MR) is 108 cm³/mol. The first-order chi connectivity index (χ1) is 13.1. The summed E-state index contributed by atoms with van der Waals surface area (Å²) in [7, 11) is 0. The van der Waals surface area contributed by atoms with Crippen molar-refractivity contribution in [2.45, 2.75) is 33.1 Å². The van der Waals surface area contributed by atoms with Gasteiger partial charge in [-0.1, -0.05) is 12.1 Å². The van der Waals surface area contributed by atoms with Gasteiger partial charge in [-0.05, 0) is 62.6 Å². The number of nitrogens with zero attached hydrogens (tertiary/aromatic N) is 1. The lowest BCUT2D eigenvalue weighted by Gasteiger charge is -2.28. The van der Waals surface area contributed by atoms with Gasteiger partial charge >= 0.3 is 6.03 Å². The minimum Gasteiger partial charge on any atom is -0.492 e. The van der Waals surface area contributed by atoms with Crippen LogP contribution in [0.1, 0.15) is 31.7 Å². The van der Waals surface area contributed by atoms with E-state index in [1.807, 2.05) is 55.1 Å². The molecule has 1 aliphatic heterocycles. The Balaban J connectivity index is 1.68. The second kappa shape index (κ2) is 8.58. The normalized spacial score (nSPS) is 14.0. The molecule has 1 saturated heterocycles. The summed E-state index contributed by atoms with van der Waals surface area (Å²) in [6, 6.07) is 12.5. The number of ether oxygens (including phenoxy) is 1. The van der Waals surface area contributed by atoms with Crippen molar-refractivity contribution in [3.8, 4) is 5.75 Å². The van der Waals surface area contributed by atoms with E-state index >= 15 is 0 Å². The van der Waals surface area contributed by atoms with Gasteiger partial charge in [-0.15, -0.1) is 0 Å². The number of anilines is 3. The molecule has 0 radical (unpaired) electrons. The summed E-state index contributed by atoms with van der Waals surface area (Å²) in [6.45, 7) is 5.12. The van der Waals surface area contributed by atoms with E-state index in [2.05, 4.69) is 10.6 Å². The van der Waals surface area contributed by atoms with E-state index in [0.717, 1.165) is 30.6 Å². The summed E-state index contributed by atoms with van der Waals surface area (Å²) in [5.41, 5.74) is 3.15. The highest BCUT2D eigenvalue weighted by molar-refractivity contribution is 6.01. The zero-order valence-electron chi connectivity index (χ0n) is 15.7. The lowest BCUT2D eigenvalue weighted by Crippen LogP contribution is -2.35. The third kappa shape index (κ3) is 4.58. The molecule has 6 heteroatoms. The average Bonchev–Trinajstić information content (AvgIpc) is 2.64. The van der Waals surface area contributed by atoms with E-state index in [0.29, 0.717) is 30.2 Å². The molecule has 1 fully saturated rings. The van der Waals surface area contributed by atoms with E-state index in [1.165, 1.54) is 0 Å². The average molecular weight is 367 g/mol. The van der Waals surface area contributed by atoms with Gasteiger partial charge < -0.3 is 20.3 Å². The van der Waals surface area contributed by atoms with Gasteiger partial charge in [0.1, 0.15) is 5.75 Å². The molecular formula is C21H25N3O3. The molecule has 0 spiro atoms. The van der Waals surface area contributed by atoms with Crippen molar-refractivity contribution in [1.82, 2.24) is 0 Å². The zero-order chi connectivity index (χ0) is 19.2. The summed E-state index contributed by atoms with van der Waals surface area (Å²) >= 11 is 0. The Labute approximate surface area is 159 Å². The number of aryl methyl sites for hydroxylation is 1. The fraction of sp³-hybridized carbons (Fsp3) is 0.333. The summed E-state index contributed by atoms with van der Waals surface area (Å²) in [6.07, 6.45) is 2.57. The van der Waals surface area contributed by atoms with Crippen molar-refractivity contribution in [2.24, 2.45) is 0 Å². The minimum atomic E-state index is -0.344. The van der Waals surface area contributed by atoms with Crippen LogP contribution < -0.4 is 20.3 Å². The summed E-state index contributed by atoms with van der Waals surface area (Å²) in [4.78, 5) is 26.3. The van der Waals surface area contributed by atoms with Crippen LogP contribution in [0.4, 0.5) is 21.9 Å². The van der Waals surface area contributed by atoms with Gasteiger partial charge in [0.05, 0.1) is 12.3 Å². The van der Waals surface area contributed by atoms with Crippen LogP contribution in [0.5, 0.6) is 5.75 Å². The Morgan fingerprint density at radius 1 is 1.15 bits per heavy atom. The SMILES string of the molecule is CCOc1ccccc1NC(=O)Nc1ccc(N2CCCCC2=O)c(C)c1. The molecule has 6 nitrogen and oxygen atoms in total. The molecule has 0 saturated carbocycles. The standard InChI is InChI=1S/C21H25N3O3/c1-3-27-19-9-5-4-8-17(19)23-21(26)22-16-11-12-18(15(2)14-16)24-13-7-6-10-20(24)25/h4-5,8-9,11-12,14H,3,6-7,10,13H2,1-2H3,(H2,22,23,26). The van der Waals surface area contributed by atoms with Crippen molar-refractivity contribution >= 4 is 29.0 Å². The molecule has 2 aromatic carbocycles. The highest BCUT2D eigenvalue weighted by Gasteiger charge is 2.21. The van der Waals surface area contributed by atoms with E-state index in [1.54, 1.807) is 6.07 Å². The van der Waals surface area contributed by atoms with Crippen LogP contribution >= 0.6 is 0 Å². The second-order valence-corrected chi connectivity index (χ2v) is 6.51. The number of urea groups is 1. The van der Waals surface area contributed by atoms with Gasteiger partial charge in [-0.25, -0.2) is 4.79 Å². The molecule has 0 bridgehead atoms. The van der Waals surface area contributed by atoms with Crippen LogP contribution in [0.2, 0.25) is 0 Å². The summed E-state index contributed by atoms with van der Waals surface area (Å²) in [5.74, 6) is 0.792. The molecule has 0 aromatic heterocycles. The van der Waals surface area contributed by atoms with Gasteiger partial charge in [0.15, 0.2) is 0 Å². The maximum atomic E-state index is 12.3. The molecule has 2 aromatic rings. The molecule has 2 N–H and O–H groups in total. The first-order valence-corrected chi connectivity index (χ1v) is 9.29. The van der Waals surface area contributed by atoms with Gasteiger partial charge in [-0.2, -0.15) is 0 Å². The fourth-order valence-corrected chi connectivity index (χ4v) is 3.23. The predicted octanol–water partition coefficient (Wildman–Crippen LogP) is 4.55. The van der Waals surface area contributed by atoms with Crippen LogP contribution in [-0.4, -0.2) is 25.1 Å². The van der Waals surface area contributed by atoms with Crippen molar-refractivity contribution in [2.75, 3.05) is 28.7 Å². The number of hydrogen-bond acceptors (Lipinski definition) is 3. The van der Waals surface area contributed by atoms with Crippen LogP contribution in [0.15, 0.2) is 42.5 Å². The number of rotatable bonds is 5. The fourth-order valence-electron chi connectivity index (χ4n) is 3.23. The molecule has 142 valence electrons. The zero-order valence-corrected chi connectivity index (χ0v) is 15.7. The van der Waals surface area contributed by atoms with Crippen LogP contribution in [0.3, 0.4) is 0 Å². The van der Waals surface area contributed by atoms with E-state index < -0.39 is 0 Å². The third-order valence-corrected chi connectivity index (χ3v) is 4.50. The van der Waals surface area contributed by atoms with Crippen molar-refractivity contribution < 1.29 is 14.3 Å². The molecule has 1 aliphatic rings. The highest BCUT2D eigenvalue weighted by atomic mass is 16.5. The van der Waals surface area contributed by atoms with Gasteiger partial charge in [0.2, 0.25) is 5.91 Å². The molecule has 0 unspecified atom stereocenters. The van der Waals surface area contributed by atoms with E-state index in [-0.39, 0.29) is 11.9 Å². The third-order valence-electron chi connectivity index (χ3n) is 4.50. The molecule has 27 heavy (non-hydrogen) atoms. The number of hydrogen-bond donors (Lipinski definition) is 2. The topological polar surface area (TPSA) is 70.7 Å². The molecule has 3 rings (SSSR count). The largest absolute Gasteiger partial charge is 0.492 e. The lowest BCUT2D eigenvalue weighted by molar-refractivity contribution is -0.119. The number of carbonyl (C=O) groups is 2. The maximum absolute atomic E-state index is 12.3. The first-order valence-electron chi connectivity index (χ1n) is 9.29. The van der Waals surface area contributed by atoms with Crippen molar-refractivity contribution in [1.29, 1.82) is 0 Å². The molecule has 1 heterocycles. The van der Waals surface area contributed by atoms with Crippen LogP contribution in [0, 0.1) is 6.92 Å². The van der Waals surface area contributed by atoms with Gasteiger partial charge in [-0.3, -0.25) is 4.79 Å². The quantitative estimate of drug-likeness (QED) is 0.814. The Bertz CT molecular complexity index is 835. The van der Waals surface area contributed by atoms with E-state index in [4.69, 9.17) is 4.74 Å². The number of nitrogens with one attached hydrogen (secondary N) is 2. The monoisotopic (exact) mass is 367 g/mol. The number of benzene rings is 2. The summed E-state index contributed by atoms with van der Waals surface area (Å²) < 4.78 is 5.52. The Kier molecular flexibility index (Phi) is 5.96. The number of carbonyl (C=O) groups excluding carboxylic acids is 2. The van der Waals surface area contributed by atoms with Crippen LogP contribution in [0.25, 0.3) is 0 Å². The minimum absolute atomic E-state index is 0.162. The Morgan fingerprint density at radius 3 is 2.70 bits per heavy atom. The van der Waals surface area contributed by atoms with E-state index in [9.17, 15) is 9.59 Å². The lowest BCUT2D eigenvalue weighted by atomic mass is 10.1. The second-order valence-electron chi connectivity index (χ2n) is 6.51. The van der Waals surface area contributed by atoms with Gasteiger partial charge in [0, 0.05) is 24.3 Å². The summed E-state index contributed by atoms with van der Waals surface area (Å²) in [5, 5.41) is 5.64. The Morgan fingerprint density at radius 2 is 1.96 bits per heavy atom. The van der Waals surface area contributed by atoms with Crippen molar-refractivity contribution in [3.63, 3.8) is 0 Å².